The number of esters is 1. The molecule has 88 valence electrons. The maximum absolute atomic E-state index is 11.5. The van der Waals surface area contributed by atoms with Crippen LogP contribution < -0.4 is 0 Å². The van der Waals surface area contributed by atoms with Gasteiger partial charge in [-0.1, -0.05) is 28.1 Å². The number of aliphatic hydroxyl groups is 1. The van der Waals surface area contributed by atoms with E-state index in [0.29, 0.717) is 5.56 Å². The van der Waals surface area contributed by atoms with Crippen LogP contribution in [0.3, 0.4) is 0 Å². The summed E-state index contributed by atoms with van der Waals surface area (Å²) in [5.74, 6) is -0.431. The van der Waals surface area contributed by atoms with Crippen LogP contribution in [0, 0.1) is 5.41 Å². The maximum atomic E-state index is 11.5. The molecule has 0 aliphatic carbocycles. The van der Waals surface area contributed by atoms with Gasteiger partial charge in [0.2, 0.25) is 0 Å². The molecule has 4 heteroatoms. The molecule has 1 atom stereocenters. The van der Waals surface area contributed by atoms with Crippen molar-refractivity contribution in [3.8, 4) is 0 Å². The number of methoxy groups -OCH3 is 1. The van der Waals surface area contributed by atoms with Crippen molar-refractivity contribution < 1.29 is 14.6 Å². The number of carbonyl (C=O) groups excluding carboxylic acids is 1. The standard InChI is InChI=1S/C12H15BrO3/c1-12(2,11(15)16-3)10(14)8-5-4-6-9(13)7-8/h4-7,10,14H,1-3H3. The SMILES string of the molecule is COC(=O)C(C)(C)C(O)c1cccc(Br)c1. The molecule has 1 rings (SSSR count). The normalized spacial score (nSPS) is 13.3. The van der Waals surface area contributed by atoms with Crippen LogP contribution in [0.1, 0.15) is 25.5 Å². The maximum Gasteiger partial charge on any atom is 0.314 e. The molecular weight excluding hydrogens is 272 g/mol. The van der Waals surface area contributed by atoms with E-state index in [1.165, 1.54) is 7.11 Å². The Hall–Kier alpha value is -0.870. The van der Waals surface area contributed by atoms with Crippen LogP contribution >= 0.6 is 15.9 Å². The quantitative estimate of drug-likeness (QED) is 0.869. The first-order valence-corrected chi connectivity index (χ1v) is 5.71. The highest BCUT2D eigenvalue weighted by Crippen LogP contribution is 2.35. The van der Waals surface area contributed by atoms with Crippen molar-refractivity contribution in [3.05, 3.63) is 34.3 Å². The predicted octanol–water partition coefficient (Wildman–Crippen LogP) is 2.68. The molecule has 3 nitrogen and oxygen atoms in total. The van der Waals surface area contributed by atoms with Crippen molar-refractivity contribution in [3.63, 3.8) is 0 Å². The second-order valence-corrected chi connectivity index (χ2v) is 5.09. The lowest BCUT2D eigenvalue weighted by molar-refractivity contribution is -0.157. The van der Waals surface area contributed by atoms with Gasteiger partial charge in [-0.05, 0) is 31.5 Å². The minimum Gasteiger partial charge on any atom is -0.469 e. The second-order valence-electron chi connectivity index (χ2n) is 4.17. The third kappa shape index (κ3) is 2.62. The van der Waals surface area contributed by atoms with E-state index in [2.05, 4.69) is 20.7 Å². The van der Waals surface area contributed by atoms with Crippen molar-refractivity contribution in [2.24, 2.45) is 5.41 Å². The molecule has 0 heterocycles. The first-order valence-electron chi connectivity index (χ1n) is 4.91. The highest BCUT2D eigenvalue weighted by molar-refractivity contribution is 9.10. The van der Waals surface area contributed by atoms with E-state index in [1.54, 1.807) is 26.0 Å². The number of halogens is 1. The third-order valence-corrected chi connectivity index (χ3v) is 3.05. The van der Waals surface area contributed by atoms with E-state index < -0.39 is 17.5 Å². The fourth-order valence-corrected chi connectivity index (χ4v) is 1.88. The van der Waals surface area contributed by atoms with Crippen molar-refractivity contribution in [1.29, 1.82) is 0 Å². The Morgan fingerprint density at radius 2 is 2.12 bits per heavy atom. The fraction of sp³-hybridized carbons (Fsp3) is 0.417. The molecule has 16 heavy (non-hydrogen) atoms. The van der Waals surface area contributed by atoms with Gasteiger partial charge in [0, 0.05) is 4.47 Å². The van der Waals surface area contributed by atoms with Crippen molar-refractivity contribution in [2.45, 2.75) is 20.0 Å². The lowest BCUT2D eigenvalue weighted by Crippen LogP contribution is -2.32. The van der Waals surface area contributed by atoms with E-state index in [1.807, 2.05) is 12.1 Å². The van der Waals surface area contributed by atoms with Gasteiger partial charge in [-0.2, -0.15) is 0 Å². The number of benzene rings is 1. The summed E-state index contributed by atoms with van der Waals surface area (Å²) >= 11 is 3.32. The summed E-state index contributed by atoms with van der Waals surface area (Å²) < 4.78 is 5.54. The molecule has 0 saturated carbocycles. The monoisotopic (exact) mass is 286 g/mol. The van der Waals surface area contributed by atoms with Gasteiger partial charge in [-0.25, -0.2) is 0 Å². The van der Waals surface area contributed by atoms with Crippen LogP contribution in [0.25, 0.3) is 0 Å². The number of carbonyl (C=O) groups is 1. The van der Waals surface area contributed by atoms with Gasteiger partial charge in [0.1, 0.15) is 0 Å². The zero-order valence-electron chi connectivity index (χ0n) is 9.53. The van der Waals surface area contributed by atoms with Gasteiger partial charge >= 0.3 is 5.97 Å². The average molecular weight is 287 g/mol. The van der Waals surface area contributed by atoms with Gasteiger partial charge < -0.3 is 9.84 Å². The van der Waals surface area contributed by atoms with Crippen LogP contribution in [0.5, 0.6) is 0 Å². The molecule has 0 fully saturated rings. The highest BCUT2D eigenvalue weighted by Gasteiger charge is 2.37. The molecule has 0 radical (unpaired) electrons. The lowest BCUT2D eigenvalue weighted by atomic mass is 9.83. The highest BCUT2D eigenvalue weighted by atomic mass is 79.9. The Bertz CT molecular complexity index is 388. The van der Waals surface area contributed by atoms with E-state index in [4.69, 9.17) is 0 Å². The summed E-state index contributed by atoms with van der Waals surface area (Å²) in [5, 5.41) is 10.2. The molecule has 0 aliphatic rings. The summed E-state index contributed by atoms with van der Waals surface area (Å²) in [4.78, 5) is 11.5. The van der Waals surface area contributed by atoms with Crippen LogP contribution in [-0.4, -0.2) is 18.2 Å². The average Bonchev–Trinajstić information content (AvgIpc) is 2.26. The van der Waals surface area contributed by atoms with E-state index in [0.717, 1.165) is 4.47 Å². The van der Waals surface area contributed by atoms with E-state index >= 15 is 0 Å². The van der Waals surface area contributed by atoms with E-state index in [-0.39, 0.29) is 0 Å². The zero-order valence-corrected chi connectivity index (χ0v) is 11.1. The van der Waals surface area contributed by atoms with Gasteiger partial charge in [-0.3, -0.25) is 4.79 Å². The Kier molecular flexibility index (Phi) is 4.10. The van der Waals surface area contributed by atoms with Gasteiger partial charge in [0.15, 0.2) is 0 Å². The first-order chi connectivity index (χ1) is 7.39. The molecule has 0 bridgehead atoms. The number of rotatable bonds is 3. The molecule has 0 saturated heterocycles. The fourth-order valence-electron chi connectivity index (χ4n) is 1.47. The zero-order chi connectivity index (χ0) is 12.3. The van der Waals surface area contributed by atoms with Crippen LogP contribution in [-0.2, 0) is 9.53 Å². The Balaban J connectivity index is 3.01. The topological polar surface area (TPSA) is 46.5 Å². The van der Waals surface area contributed by atoms with Crippen LogP contribution in [0.4, 0.5) is 0 Å². The molecule has 1 unspecified atom stereocenters. The largest absolute Gasteiger partial charge is 0.469 e. The van der Waals surface area contributed by atoms with E-state index in [9.17, 15) is 9.90 Å². The molecule has 0 aliphatic heterocycles. The molecule has 1 N–H and O–H groups in total. The number of ether oxygens (including phenoxy) is 1. The summed E-state index contributed by atoms with van der Waals surface area (Å²) in [7, 11) is 1.32. The molecule has 1 aromatic rings. The number of hydrogen-bond donors (Lipinski definition) is 1. The van der Waals surface area contributed by atoms with Gasteiger partial charge in [0.25, 0.3) is 0 Å². The minimum absolute atomic E-state index is 0.431. The smallest absolute Gasteiger partial charge is 0.314 e. The van der Waals surface area contributed by atoms with Crippen LogP contribution in [0.15, 0.2) is 28.7 Å². The van der Waals surface area contributed by atoms with Crippen molar-refractivity contribution in [2.75, 3.05) is 7.11 Å². The molecule has 0 aromatic heterocycles. The molecular formula is C12H15BrO3. The third-order valence-electron chi connectivity index (χ3n) is 2.56. The van der Waals surface area contributed by atoms with Gasteiger partial charge in [0.05, 0.1) is 18.6 Å². The minimum atomic E-state index is -0.963. The number of hydrogen-bond acceptors (Lipinski definition) is 3. The van der Waals surface area contributed by atoms with Crippen molar-refractivity contribution in [1.82, 2.24) is 0 Å². The summed E-state index contributed by atoms with van der Waals surface area (Å²) in [6, 6.07) is 7.24. The molecule has 0 amide bonds. The van der Waals surface area contributed by atoms with Gasteiger partial charge in [-0.15, -0.1) is 0 Å². The first kappa shape index (κ1) is 13.2. The predicted molar refractivity (Wildman–Crippen MR) is 64.9 cm³/mol. The van der Waals surface area contributed by atoms with Crippen LogP contribution in [0.2, 0.25) is 0 Å². The molecule has 1 aromatic carbocycles. The number of aliphatic hydroxyl groups excluding tert-OH is 1. The van der Waals surface area contributed by atoms with Crippen molar-refractivity contribution >= 4 is 21.9 Å². The Morgan fingerprint density at radius 3 is 2.62 bits per heavy atom. The second kappa shape index (κ2) is 4.97. The summed E-state index contributed by atoms with van der Waals surface area (Å²) in [6.07, 6.45) is -0.891. The summed E-state index contributed by atoms with van der Waals surface area (Å²) in [6.45, 7) is 3.31. The lowest BCUT2D eigenvalue weighted by Gasteiger charge is -2.27. The Morgan fingerprint density at radius 1 is 1.50 bits per heavy atom. The Labute approximate surface area is 104 Å². The summed E-state index contributed by atoms with van der Waals surface area (Å²) in [5.41, 5.74) is -0.278. The molecule has 0 spiro atoms.